The Labute approximate surface area is 134 Å². The topological polar surface area (TPSA) is 177 Å². The molecule has 0 bridgehead atoms. The normalized spacial score (nSPS) is 18.3. The van der Waals surface area contributed by atoms with Crippen molar-refractivity contribution in [2.45, 2.75) is 37.8 Å². The lowest BCUT2D eigenvalue weighted by Gasteiger charge is -2.27. The predicted molar refractivity (Wildman–Crippen MR) is 83.3 cm³/mol. The summed E-state index contributed by atoms with van der Waals surface area (Å²) in [6.45, 7) is 0.422. The maximum atomic E-state index is 12.6. The molecule has 10 nitrogen and oxygen atoms in total. The summed E-state index contributed by atoms with van der Waals surface area (Å²) in [5.41, 5.74) is 15.7. The number of carboxylic acid groups (broad SMARTS) is 1. The van der Waals surface area contributed by atoms with Gasteiger partial charge in [0, 0.05) is 13.1 Å². The molecule has 1 aliphatic rings. The Morgan fingerprint density at radius 3 is 2.61 bits per heavy atom. The van der Waals surface area contributed by atoms with Crippen LogP contribution in [-0.2, 0) is 14.4 Å². The van der Waals surface area contributed by atoms with E-state index in [1.807, 2.05) is 0 Å². The van der Waals surface area contributed by atoms with Gasteiger partial charge in [0.15, 0.2) is 5.96 Å². The van der Waals surface area contributed by atoms with E-state index in [-0.39, 0.29) is 12.5 Å². The SMILES string of the molecule is NCC(=O)N[C@@H](CCCN=C(N)N)C(=O)N1CCC[C@@H]1C(=O)O. The zero-order valence-corrected chi connectivity index (χ0v) is 12.9. The predicted octanol–water partition coefficient (Wildman–Crippen LogP) is -2.44. The van der Waals surface area contributed by atoms with E-state index in [4.69, 9.17) is 17.2 Å². The fraction of sp³-hybridized carbons (Fsp3) is 0.692. The summed E-state index contributed by atoms with van der Waals surface area (Å²) in [6, 6.07) is -1.68. The van der Waals surface area contributed by atoms with Crippen molar-refractivity contribution in [3.63, 3.8) is 0 Å². The average Bonchev–Trinajstić information content (AvgIpc) is 2.98. The van der Waals surface area contributed by atoms with Crippen molar-refractivity contribution in [1.29, 1.82) is 0 Å². The van der Waals surface area contributed by atoms with E-state index in [1.54, 1.807) is 0 Å². The quantitative estimate of drug-likeness (QED) is 0.186. The molecule has 0 aliphatic carbocycles. The van der Waals surface area contributed by atoms with Crippen molar-refractivity contribution in [2.24, 2.45) is 22.2 Å². The summed E-state index contributed by atoms with van der Waals surface area (Å²) >= 11 is 0. The molecule has 1 aliphatic heterocycles. The molecule has 1 heterocycles. The number of carboxylic acids is 1. The summed E-state index contributed by atoms with van der Waals surface area (Å²) in [5.74, 6) is -1.98. The van der Waals surface area contributed by atoms with Gasteiger partial charge in [0.05, 0.1) is 6.54 Å². The number of amides is 2. The molecular weight excluding hydrogens is 304 g/mol. The highest BCUT2D eigenvalue weighted by Crippen LogP contribution is 2.19. The Morgan fingerprint density at radius 2 is 2.04 bits per heavy atom. The second-order valence-corrected chi connectivity index (χ2v) is 5.30. The Morgan fingerprint density at radius 1 is 1.35 bits per heavy atom. The molecule has 0 aromatic carbocycles. The molecule has 8 N–H and O–H groups in total. The molecule has 0 unspecified atom stereocenters. The fourth-order valence-electron chi connectivity index (χ4n) is 2.50. The number of aliphatic imine (C=N–C) groups is 1. The van der Waals surface area contributed by atoms with Gasteiger partial charge in [0.2, 0.25) is 11.8 Å². The van der Waals surface area contributed by atoms with Crippen molar-refractivity contribution in [3.8, 4) is 0 Å². The first kappa shape index (κ1) is 18.7. The highest BCUT2D eigenvalue weighted by atomic mass is 16.4. The number of hydrogen-bond acceptors (Lipinski definition) is 5. The first-order chi connectivity index (χ1) is 10.9. The average molecular weight is 328 g/mol. The highest BCUT2D eigenvalue weighted by Gasteiger charge is 2.37. The number of likely N-dealkylation sites (tertiary alicyclic amines) is 1. The van der Waals surface area contributed by atoms with Gasteiger partial charge in [0.25, 0.3) is 0 Å². The minimum atomic E-state index is -1.04. The van der Waals surface area contributed by atoms with Crippen LogP contribution in [0.4, 0.5) is 0 Å². The van der Waals surface area contributed by atoms with Gasteiger partial charge >= 0.3 is 5.97 Å². The third kappa shape index (κ3) is 5.74. The van der Waals surface area contributed by atoms with Crippen LogP contribution in [0.2, 0.25) is 0 Å². The van der Waals surface area contributed by atoms with E-state index in [9.17, 15) is 19.5 Å². The van der Waals surface area contributed by atoms with Crippen molar-refractivity contribution in [1.82, 2.24) is 10.2 Å². The fourth-order valence-corrected chi connectivity index (χ4v) is 2.50. The molecule has 23 heavy (non-hydrogen) atoms. The first-order valence-electron chi connectivity index (χ1n) is 7.45. The van der Waals surface area contributed by atoms with Crippen LogP contribution in [-0.4, -0.2) is 65.5 Å². The van der Waals surface area contributed by atoms with Crippen LogP contribution in [0.3, 0.4) is 0 Å². The molecule has 10 heteroatoms. The van der Waals surface area contributed by atoms with Gasteiger partial charge in [-0.3, -0.25) is 14.6 Å². The summed E-state index contributed by atoms with van der Waals surface area (Å²) < 4.78 is 0. The number of nitrogens with zero attached hydrogens (tertiary/aromatic N) is 2. The van der Waals surface area contributed by atoms with Crippen LogP contribution in [0, 0.1) is 0 Å². The van der Waals surface area contributed by atoms with E-state index >= 15 is 0 Å². The number of nitrogens with one attached hydrogen (secondary N) is 1. The molecule has 1 saturated heterocycles. The van der Waals surface area contributed by atoms with Crippen molar-refractivity contribution in [2.75, 3.05) is 19.6 Å². The van der Waals surface area contributed by atoms with E-state index in [1.165, 1.54) is 4.90 Å². The van der Waals surface area contributed by atoms with Crippen LogP contribution >= 0.6 is 0 Å². The van der Waals surface area contributed by atoms with Crippen LogP contribution < -0.4 is 22.5 Å². The molecule has 1 fully saturated rings. The summed E-state index contributed by atoms with van der Waals surface area (Å²) in [7, 11) is 0. The van der Waals surface area contributed by atoms with Crippen molar-refractivity contribution in [3.05, 3.63) is 0 Å². The van der Waals surface area contributed by atoms with Crippen LogP contribution in [0.25, 0.3) is 0 Å². The summed E-state index contributed by atoms with van der Waals surface area (Å²) in [5, 5.41) is 11.7. The molecule has 0 aromatic heterocycles. The first-order valence-corrected chi connectivity index (χ1v) is 7.45. The summed E-state index contributed by atoms with van der Waals surface area (Å²) in [6.07, 6.45) is 1.79. The van der Waals surface area contributed by atoms with E-state index < -0.39 is 29.9 Å². The number of guanidine groups is 1. The van der Waals surface area contributed by atoms with Crippen molar-refractivity contribution < 1.29 is 19.5 Å². The number of nitrogens with two attached hydrogens (primary N) is 3. The van der Waals surface area contributed by atoms with Crippen LogP contribution in [0.15, 0.2) is 4.99 Å². The van der Waals surface area contributed by atoms with Gasteiger partial charge < -0.3 is 32.5 Å². The highest BCUT2D eigenvalue weighted by molar-refractivity contribution is 5.91. The monoisotopic (exact) mass is 328 g/mol. The molecule has 0 spiro atoms. The molecule has 2 atom stereocenters. The van der Waals surface area contributed by atoms with Gasteiger partial charge in [-0.1, -0.05) is 0 Å². The lowest BCUT2D eigenvalue weighted by atomic mass is 10.1. The minimum Gasteiger partial charge on any atom is -0.480 e. The maximum absolute atomic E-state index is 12.6. The molecule has 0 saturated carbocycles. The second-order valence-electron chi connectivity index (χ2n) is 5.30. The molecule has 2 amide bonds. The number of hydrogen-bond donors (Lipinski definition) is 5. The number of carbonyl (C=O) groups excluding carboxylic acids is 2. The van der Waals surface area contributed by atoms with Gasteiger partial charge in [-0.15, -0.1) is 0 Å². The number of carbonyl (C=O) groups is 3. The standard InChI is InChI=1S/C13H24N6O4/c14-7-10(20)18-8(3-1-5-17-13(15)16)11(21)19-6-2-4-9(19)12(22)23/h8-9H,1-7,14H2,(H,18,20)(H,22,23)(H4,15,16,17)/t8-,9+/m0/s1. The van der Waals surface area contributed by atoms with Gasteiger partial charge in [-0.2, -0.15) is 0 Å². The lowest BCUT2D eigenvalue weighted by Crippen LogP contribution is -2.52. The van der Waals surface area contributed by atoms with E-state index in [2.05, 4.69) is 10.3 Å². The zero-order chi connectivity index (χ0) is 17.4. The minimum absolute atomic E-state index is 0.0515. The Kier molecular flexibility index (Phi) is 7.26. The third-order valence-electron chi connectivity index (χ3n) is 3.58. The van der Waals surface area contributed by atoms with Crippen molar-refractivity contribution >= 4 is 23.7 Å². The molecule has 1 rings (SSSR count). The zero-order valence-electron chi connectivity index (χ0n) is 12.9. The molecule has 0 aromatic rings. The summed E-state index contributed by atoms with van der Waals surface area (Å²) in [4.78, 5) is 40.4. The Bertz CT molecular complexity index is 477. The third-order valence-corrected chi connectivity index (χ3v) is 3.58. The van der Waals surface area contributed by atoms with Crippen LogP contribution in [0.1, 0.15) is 25.7 Å². The largest absolute Gasteiger partial charge is 0.480 e. The molecular formula is C13H24N6O4. The Balaban J connectivity index is 2.73. The number of aliphatic carboxylic acids is 1. The number of rotatable bonds is 8. The maximum Gasteiger partial charge on any atom is 0.326 e. The van der Waals surface area contributed by atoms with Gasteiger partial charge in [0.1, 0.15) is 12.1 Å². The van der Waals surface area contributed by atoms with Gasteiger partial charge in [-0.25, -0.2) is 4.79 Å². The van der Waals surface area contributed by atoms with E-state index in [0.717, 1.165) is 0 Å². The Hall–Kier alpha value is -2.36. The smallest absolute Gasteiger partial charge is 0.326 e. The van der Waals surface area contributed by atoms with Gasteiger partial charge in [-0.05, 0) is 25.7 Å². The lowest BCUT2D eigenvalue weighted by molar-refractivity contribution is -0.149. The van der Waals surface area contributed by atoms with E-state index in [0.29, 0.717) is 38.8 Å². The second kappa shape index (κ2) is 8.93. The van der Waals surface area contributed by atoms with Crippen LogP contribution in [0.5, 0.6) is 0 Å². The molecule has 130 valence electrons. The molecule has 0 radical (unpaired) electrons.